The lowest BCUT2D eigenvalue weighted by molar-refractivity contribution is 0.0269. The number of ether oxygens (including phenoxy) is 6. The van der Waals surface area contributed by atoms with Gasteiger partial charge in [0, 0.05) is 52.5 Å². The lowest BCUT2D eigenvalue weighted by atomic mass is 10.2. The van der Waals surface area contributed by atoms with Crippen molar-refractivity contribution >= 4 is 8.32 Å². The summed E-state index contributed by atoms with van der Waals surface area (Å²) in [5, 5.41) is 0. The lowest BCUT2D eigenvalue weighted by Gasteiger charge is -2.25. The van der Waals surface area contributed by atoms with Crippen LogP contribution < -0.4 is 14.2 Å². The molecular formula is C39H58N2O7Si. The van der Waals surface area contributed by atoms with Gasteiger partial charge in [-0.1, -0.05) is 66.7 Å². The van der Waals surface area contributed by atoms with Crippen LogP contribution >= 0.6 is 0 Å². The van der Waals surface area contributed by atoms with E-state index in [-0.39, 0.29) is 0 Å². The third-order valence-electron chi connectivity index (χ3n) is 8.32. The molecule has 0 saturated carbocycles. The van der Waals surface area contributed by atoms with Crippen LogP contribution in [0.15, 0.2) is 78.9 Å². The number of benzene rings is 3. The van der Waals surface area contributed by atoms with E-state index < -0.39 is 8.32 Å². The molecule has 0 radical (unpaired) electrons. The average molecular weight is 695 g/mol. The van der Waals surface area contributed by atoms with Crippen molar-refractivity contribution < 1.29 is 32.8 Å². The molecule has 3 aromatic carbocycles. The highest BCUT2D eigenvalue weighted by Gasteiger charge is 2.21. The van der Waals surface area contributed by atoms with Crippen LogP contribution in [0.4, 0.5) is 0 Å². The first-order chi connectivity index (χ1) is 24.0. The van der Waals surface area contributed by atoms with Crippen LogP contribution in [0.1, 0.15) is 24.5 Å². The van der Waals surface area contributed by atoms with Crippen molar-refractivity contribution in [2.75, 3.05) is 92.2 Å². The summed E-state index contributed by atoms with van der Waals surface area (Å²) in [6, 6.07) is 28.0. The Hall–Kier alpha value is -2.96. The van der Waals surface area contributed by atoms with Crippen LogP contribution in [0.25, 0.3) is 0 Å². The van der Waals surface area contributed by atoms with Gasteiger partial charge in [-0.15, -0.1) is 0 Å². The van der Waals surface area contributed by atoms with Crippen LogP contribution in [0.3, 0.4) is 0 Å². The SMILES string of the molecule is CCO[Si](C)(C)CCCOCCOc1cccc2c1OCCN(Cc1ccccc1)CCOCCOCCN(Cc1ccccc1)CCO2. The molecule has 1 aliphatic rings. The second kappa shape index (κ2) is 22.7. The Balaban J connectivity index is 1.40. The quantitative estimate of drug-likeness (QED) is 0.139. The van der Waals surface area contributed by atoms with Gasteiger partial charge >= 0.3 is 0 Å². The lowest BCUT2D eigenvalue weighted by Crippen LogP contribution is -2.33. The predicted molar refractivity (Wildman–Crippen MR) is 197 cm³/mol. The third-order valence-corrected chi connectivity index (χ3v) is 11.0. The van der Waals surface area contributed by atoms with Gasteiger partial charge in [0.25, 0.3) is 0 Å². The van der Waals surface area contributed by atoms with Crippen molar-refractivity contribution in [1.29, 1.82) is 0 Å². The standard InChI is InChI=1S/C39H58N2O7Si/c1-4-48-49(2,3)32-12-23-42-30-31-46-38-18-11-17-37-39(38)47-27-22-41(34-36-15-9-6-10-16-36)20-25-44-29-28-43-24-19-40(21-26-45-37)33-35-13-7-5-8-14-35/h5-11,13-18H,4,12,19-34H2,1-3H3. The second-order valence-corrected chi connectivity index (χ2v) is 17.1. The van der Waals surface area contributed by atoms with Crippen molar-refractivity contribution in [3.05, 3.63) is 90.0 Å². The van der Waals surface area contributed by atoms with Crippen molar-refractivity contribution in [3.8, 4) is 17.2 Å². The summed E-state index contributed by atoms with van der Waals surface area (Å²) < 4.78 is 42.9. The van der Waals surface area contributed by atoms with Gasteiger partial charge in [0.2, 0.25) is 5.75 Å². The molecule has 0 amide bonds. The Morgan fingerprint density at radius 2 is 1.22 bits per heavy atom. The smallest absolute Gasteiger partial charge is 0.203 e. The molecule has 270 valence electrons. The Labute approximate surface area is 295 Å². The van der Waals surface area contributed by atoms with E-state index >= 15 is 0 Å². The number of para-hydroxylation sites is 1. The maximum Gasteiger partial charge on any atom is 0.203 e. The van der Waals surface area contributed by atoms with Crippen LogP contribution in [-0.4, -0.2) is 110 Å². The first-order valence-electron chi connectivity index (χ1n) is 17.9. The molecule has 0 saturated heterocycles. The fourth-order valence-electron chi connectivity index (χ4n) is 5.73. The van der Waals surface area contributed by atoms with Crippen molar-refractivity contribution in [3.63, 3.8) is 0 Å². The molecule has 1 heterocycles. The molecule has 0 atom stereocenters. The highest BCUT2D eigenvalue weighted by atomic mass is 28.4. The molecule has 0 aromatic heterocycles. The fourth-order valence-corrected chi connectivity index (χ4v) is 7.66. The molecule has 3 aromatic rings. The average Bonchev–Trinajstić information content (AvgIpc) is 3.10. The van der Waals surface area contributed by atoms with Crippen LogP contribution in [-0.2, 0) is 31.7 Å². The van der Waals surface area contributed by atoms with Gasteiger partial charge in [-0.05, 0) is 55.7 Å². The topological polar surface area (TPSA) is 71.1 Å². The van der Waals surface area contributed by atoms with E-state index in [9.17, 15) is 0 Å². The molecule has 1 aliphatic heterocycles. The zero-order valence-electron chi connectivity index (χ0n) is 30.0. The van der Waals surface area contributed by atoms with Crippen LogP contribution in [0, 0.1) is 0 Å². The molecule has 0 bridgehead atoms. The number of nitrogens with zero attached hydrogens (tertiary/aromatic N) is 2. The predicted octanol–water partition coefficient (Wildman–Crippen LogP) is 6.52. The Kier molecular flexibility index (Phi) is 18.0. The number of hydrogen-bond acceptors (Lipinski definition) is 9. The molecule has 0 N–H and O–H groups in total. The zero-order valence-corrected chi connectivity index (χ0v) is 31.0. The Morgan fingerprint density at radius 1 is 0.633 bits per heavy atom. The Bertz CT molecular complexity index is 1280. The van der Waals surface area contributed by atoms with Gasteiger partial charge in [-0.3, -0.25) is 9.80 Å². The van der Waals surface area contributed by atoms with Crippen molar-refractivity contribution in [2.24, 2.45) is 0 Å². The number of hydrogen-bond donors (Lipinski definition) is 0. The van der Waals surface area contributed by atoms with Crippen LogP contribution in [0.5, 0.6) is 17.2 Å². The summed E-state index contributed by atoms with van der Waals surface area (Å²) in [6.07, 6.45) is 0.995. The summed E-state index contributed by atoms with van der Waals surface area (Å²) in [4.78, 5) is 4.71. The first-order valence-corrected chi connectivity index (χ1v) is 21.0. The van der Waals surface area contributed by atoms with E-state index in [0.717, 1.165) is 58.3 Å². The Morgan fingerprint density at radius 3 is 1.84 bits per heavy atom. The molecule has 0 aliphatic carbocycles. The van der Waals surface area contributed by atoms with E-state index in [1.54, 1.807) is 0 Å². The zero-order chi connectivity index (χ0) is 34.4. The van der Waals surface area contributed by atoms with E-state index in [1.807, 2.05) is 30.3 Å². The summed E-state index contributed by atoms with van der Waals surface area (Å²) >= 11 is 0. The molecule has 0 spiro atoms. The molecule has 49 heavy (non-hydrogen) atoms. The van der Waals surface area contributed by atoms with Crippen LogP contribution in [0.2, 0.25) is 19.1 Å². The highest BCUT2D eigenvalue weighted by Crippen LogP contribution is 2.37. The fraction of sp³-hybridized carbons (Fsp3) is 0.538. The van der Waals surface area contributed by atoms with Gasteiger partial charge < -0.3 is 32.8 Å². The maximum atomic E-state index is 6.49. The molecule has 10 heteroatoms. The maximum absolute atomic E-state index is 6.49. The van der Waals surface area contributed by atoms with E-state index in [2.05, 4.69) is 78.3 Å². The largest absolute Gasteiger partial charge is 0.488 e. The first kappa shape index (κ1) is 38.8. The number of rotatable bonds is 14. The summed E-state index contributed by atoms with van der Waals surface area (Å²) in [6.45, 7) is 17.0. The third kappa shape index (κ3) is 15.6. The summed E-state index contributed by atoms with van der Waals surface area (Å²) in [5.74, 6) is 1.96. The minimum atomic E-state index is -1.59. The van der Waals surface area contributed by atoms with E-state index in [0.29, 0.717) is 76.7 Å². The molecule has 0 unspecified atom stereocenters. The minimum absolute atomic E-state index is 0.425. The monoisotopic (exact) mass is 694 g/mol. The van der Waals surface area contributed by atoms with Crippen molar-refractivity contribution in [2.45, 2.75) is 45.6 Å². The molecular weight excluding hydrogens is 637 g/mol. The highest BCUT2D eigenvalue weighted by molar-refractivity contribution is 6.71. The van der Waals surface area contributed by atoms with Crippen molar-refractivity contribution in [1.82, 2.24) is 9.80 Å². The normalized spacial score (nSPS) is 16.5. The van der Waals surface area contributed by atoms with E-state index in [1.165, 1.54) is 11.1 Å². The number of fused-ring (bicyclic) bond motifs is 1. The minimum Gasteiger partial charge on any atom is -0.488 e. The van der Waals surface area contributed by atoms with Gasteiger partial charge in [0.15, 0.2) is 19.8 Å². The summed E-state index contributed by atoms with van der Waals surface area (Å²) in [7, 11) is -1.59. The molecule has 0 fully saturated rings. The van der Waals surface area contributed by atoms with Gasteiger partial charge in [0.1, 0.15) is 19.8 Å². The van der Waals surface area contributed by atoms with E-state index in [4.69, 9.17) is 32.8 Å². The molecule has 4 rings (SSSR count). The summed E-state index contributed by atoms with van der Waals surface area (Å²) in [5.41, 5.74) is 2.51. The second-order valence-electron chi connectivity index (χ2n) is 12.8. The molecule has 9 nitrogen and oxygen atoms in total. The van der Waals surface area contributed by atoms with Gasteiger partial charge in [-0.2, -0.15) is 0 Å². The van der Waals surface area contributed by atoms with Gasteiger partial charge in [-0.25, -0.2) is 0 Å². The van der Waals surface area contributed by atoms with Gasteiger partial charge in [0.05, 0.1) is 33.0 Å².